The molecule has 0 unspecified atom stereocenters. The van der Waals surface area contributed by atoms with Crippen LogP contribution in [0.1, 0.15) is 25.7 Å². The molecule has 0 aromatic carbocycles. The summed E-state index contributed by atoms with van der Waals surface area (Å²) in [5.41, 5.74) is 0. The van der Waals surface area contributed by atoms with Crippen LogP contribution in [0.2, 0.25) is 0 Å². The van der Waals surface area contributed by atoms with Crippen LogP contribution in [0.5, 0.6) is 0 Å². The quantitative estimate of drug-likeness (QED) is 0.554. The molecule has 1 rings (SSSR count). The van der Waals surface area contributed by atoms with Gasteiger partial charge in [0, 0.05) is 0 Å². The highest BCUT2D eigenvalue weighted by Crippen LogP contribution is 2.22. The zero-order valence-corrected chi connectivity index (χ0v) is 10.3. The Balaban J connectivity index is 2.22. The number of allylic oxidation sites excluding steroid dienone is 1. The second kappa shape index (κ2) is 6.03. The number of esters is 1. The fraction of sp³-hybridized carbons (Fsp3) is 0.727. The maximum absolute atomic E-state index is 11.2. The third-order valence-electron chi connectivity index (χ3n) is 2.82. The van der Waals surface area contributed by atoms with Crippen LogP contribution in [0.25, 0.3) is 0 Å². The molecule has 1 heterocycles. The van der Waals surface area contributed by atoms with E-state index in [2.05, 4.69) is 4.74 Å². The van der Waals surface area contributed by atoms with Crippen molar-refractivity contribution in [1.29, 1.82) is 0 Å². The molecule has 1 saturated heterocycles. The van der Waals surface area contributed by atoms with Crippen LogP contribution in [-0.4, -0.2) is 33.0 Å². The number of carbonyl (C=O) groups is 1. The summed E-state index contributed by atoms with van der Waals surface area (Å²) in [5, 5.41) is 0. The second-order valence-electron chi connectivity index (χ2n) is 4.08. The van der Waals surface area contributed by atoms with Crippen molar-refractivity contribution in [3.8, 4) is 0 Å². The van der Waals surface area contributed by atoms with E-state index in [0.29, 0.717) is 23.8 Å². The SMILES string of the molecule is COC(=O)C/C=C\CC1CCS(=O)(=O)CC1. The Morgan fingerprint density at radius 2 is 1.94 bits per heavy atom. The number of sulfone groups is 1. The predicted molar refractivity (Wildman–Crippen MR) is 61.8 cm³/mol. The molecule has 4 nitrogen and oxygen atoms in total. The number of hydrogen-bond donors (Lipinski definition) is 0. The molecule has 0 radical (unpaired) electrons. The minimum atomic E-state index is -2.76. The van der Waals surface area contributed by atoms with Crippen molar-refractivity contribution in [2.75, 3.05) is 18.6 Å². The molecule has 0 aromatic heterocycles. The monoisotopic (exact) mass is 246 g/mol. The van der Waals surface area contributed by atoms with Crippen LogP contribution in [0, 0.1) is 5.92 Å². The largest absolute Gasteiger partial charge is 0.469 e. The number of carbonyl (C=O) groups excluding carboxylic acids is 1. The van der Waals surface area contributed by atoms with Crippen molar-refractivity contribution < 1.29 is 17.9 Å². The lowest BCUT2D eigenvalue weighted by atomic mass is 9.99. The molecule has 16 heavy (non-hydrogen) atoms. The van der Waals surface area contributed by atoms with Gasteiger partial charge in [-0.05, 0) is 25.2 Å². The average molecular weight is 246 g/mol. The van der Waals surface area contributed by atoms with Crippen LogP contribution in [-0.2, 0) is 19.4 Å². The smallest absolute Gasteiger partial charge is 0.309 e. The van der Waals surface area contributed by atoms with Crippen LogP contribution >= 0.6 is 0 Å². The first-order valence-electron chi connectivity index (χ1n) is 5.46. The van der Waals surface area contributed by atoms with Crippen LogP contribution < -0.4 is 0 Å². The Morgan fingerprint density at radius 1 is 1.31 bits per heavy atom. The lowest BCUT2D eigenvalue weighted by Gasteiger charge is -2.20. The van der Waals surface area contributed by atoms with Crippen molar-refractivity contribution in [3.05, 3.63) is 12.2 Å². The zero-order chi connectivity index (χ0) is 12.0. The van der Waals surface area contributed by atoms with Crippen molar-refractivity contribution in [1.82, 2.24) is 0 Å². The van der Waals surface area contributed by atoms with Gasteiger partial charge in [0.05, 0.1) is 25.0 Å². The Hall–Kier alpha value is -0.840. The van der Waals surface area contributed by atoms with Gasteiger partial charge in [-0.15, -0.1) is 0 Å². The molecular formula is C11H18O4S. The van der Waals surface area contributed by atoms with Crippen LogP contribution in [0.15, 0.2) is 12.2 Å². The highest BCUT2D eigenvalue weighted by molar-refractivity contribution is 7.91. The van der Waals surface area contributed by atoms with Gasteiger partial charge in [-0.1, -0.05) is 12.2 Å². The topological polar surface area (TPSA) is 60.4 Å². The third-order valence-corrected chi connectivity index (χ3v) is 4.54. The Bertz CT molecular complexity index is 342. The van der Waals surface area contributed by atoms with Crippen LogP contribution in [0.4, 0.5) is 0 Å². The standard InChI is InChI=1S/C11H18O4S/c1-15-11(12)5-3-2-4-10-6-8-16(13,14)9-7-10/h2-3,10H,4-9H2,1H3/b3-2-. The number of hydrogen-bond acceptors (Lipinski definition) is 4. The summed E-state index contributed by atoms with van der Waals surface area (Å²) in [7, 11) is -1.40. The van der Waals surface area contributed by atoms with E-state index in [0.717, 1.165) is 19.3 Å². The highest BCUT2D eigenvalue weighted by Gasteiger charge is 2.22. The Kier molecular flexibility index (Phi) is 4.99. The van der Waals surface area contributed by atoms with Gasteiger partial charge in [0.1, 0.15) is 9.84 Å². The van der Waals surface area contributed by atoms with Crippen LogP contribution in [0.3, 0.4) is 0 Å². The van der Waals surface area contributed by atoms with Gasteiger partial charge >= 0.3 is 5.97 Å². The summed E-state index contributed by atoms with van der Waals surface area (Å²) < 4.78 is 26.9. The van der Waals surface area contributed by atoms with Gasteiger partial charge in [0.2, 0.25) is 0 Å². The molecule has 0 N–H and O–H groups in total. The van der Waals surface area contributed by atoms with Crippen molar-refractivity contribution in [3.63, 3.8) is 0 Å². The molecule has 0 atom stereocenters. The van der Waals surface area contributed by atoms with E-state index >= 15 is 0 Å². The Labute approximate surface area is 96.6 Å². The van der Waals surface area contributed by atoms with Gasteiger partial charge in [0.25, 0.3) is 0 Å². The molecular weight excluding hydrogens is 228 g/mol. The first-order chi connectivity index (χ1) is 7.53. The first-order valence-corrected chi connectivity index (χ1v) is 7.28. The molecule has 1 aliphatic heterocycles. The molecule has 1 aliphatic rings. The molecule has 0 amide bonds. The lowest BCUT2D eigenvalue weighted by Crippen LogP contribution is -2.22. The molecule has 0 aliphatic carbocycles. The van der Waals surface area contributed by atoms with Gasteiger partial charge in [0.15, 0.2) is 0 Å². The zero-order valence-electron chi connectivity index (χ0n) is 9.52. The summed E-state index contributed by atoms with van der Waals surface area (Å²) in [4.78, 5) is 10.8. The summed E-state index contributed by atoms with van der Waals surface area (Å²) in [6.45, 7) is 0. The Morgan fingerprint density at radius 3 is 2.50 bits per heavy atom. The summed E-state index contributed by atoms with van der Waals surface area (Å²) in [6, 6.07) is 0. The normalized spacial score (nSPS) is 21.1. The van der Waals surface area contributed by atoms with E-state index in [1.807, 2.05) is 6.08 Å². The van der Waals surface area contributed by atoms with Crippen molar-refractivity contribution in [2.45, 2.75) is 25.7 Å². The third kappa shape index (κ3) is 4.79. The van der Waals surface area contributed by atoms with E-state index in [1.54, 1.807) is 6.08 Å². The number of ether oxygens (including phenoxy) is 1. The van der Waals surface area contributed by atoms with Gasteiger partial charge in [-0.2, -0.15) is 0 Å². The summed E-state index contributed by atoms with van der Waals surface area (Å²) in [6.07, 6.45) is 6.36. The number of methoxy groups -OCH3 is 1. The molecule has 0 bridgehead atoms. The van der Waals surface area contributed by atoms with E-state index in [-0.39, 0.29) is 5.97 Å². The maximum Gasteiger partial charge on any atom is 0.309 e. The summed E-state index contributed by atoms with van der Waals surface area (Å²) >= 11 is 0. The minimum Gasteiger partial charge on any atom is -0.469 e. The lowest BCUT2D eigenvalue weighted by molar-refractivity contribution is -0.139. The van der Waals surface area contributed by atoms with E-state index in [9.17, 15) is 13.2 Å². The second-order valence-corrected chi connectivity index (χ2v) is 6.39. The van der Waals surface area contributed by atoms with Gasteiger partial charge in [-0.25, -0.2) is 8.42 Å². The molecule has 0 saturated carbocycles. The fourth-order valence-corrected chi connectivity index (χ4v) is 3.32. The molecule has 0 spiro atoms. The molecule has 92 valence electrons. The average Bonchev–Trinajstić information content (AvgIpc) is 2.26. The maximum atomic E-state index is 11.2. The molecule has 1 fully saturated rings. The van der Waals surface area contributed by atoms with E-state index in [1.165, 1.54) is 7.11 Å². The van der Waals surface area contributed by atoms with Crippen molar-refractivity contribution in [2.24, 2.45) is 5.92 Å². The van der Waals surface area contributed by atoms with Gasteiger partial charge in [-0.3, -0.25) is 4.79 Å². The van der Waals surface area contributed by atoms with E-state index in [4.69, 9.17) is 0 Å². The van der Waals surface area contributed by atoms with Gasteiger partial charge < -0.3 is 4.74 Å². The summed E-state index contributed by atoms with van der Waals surface area (Å²) in [5.74, 6) is 0.810. The highest BCUT2D eigenvalue weighted by atomic mass is 32.2. The van der Waals surface area contributed by atoms with E-state index < -0.39 is 9.84 Å². The number of rotatable bonds is 4. The molecule has 5 heteroatoms. The fourth-order valence-electron chi connectivity index (χ4n) is 1.73. The molecule has 0 aromatic rings. The minimum absolute atomic E-state index is 0.248. The first kappa shape index (κ1) is 13.2. The van der Waals surface area contributed by atoms with Crippen molar-refractivity contribution >= 4 is 15.8 Å². The predicted octanol–water partition coefficient (Wildman–Crippen LogP) is 1.32.